The highest BCUT2D eigenvalue weighted by Gasteiger charge is 2.34. The first-order valence-electron chi connectivity index (χ1n) is 9.42. The summed E-state index contributed by atoms with van der Waals surface area (Å²) in [6.07, 6.45) is 5.76. The number of nitrogens with zero attached hydrogens (tertiary/aromatic N) is 4. The van der Waals surface area contributed by atoms with Gasteiger partial charge in [0.25, 0.3) is 0 Å². The average molecular weight is 372 g/mol. The topological polar surface area (TPSA) is 64.2 Å². The van der Waals surface area contributed by atoms with Crippen molar-refractivity contribution in [2.75, 3.05) is 6.54 Å². The number of pyridine rings is 1. The van der Waals surface area contributed by atoms with Crippen LogP contribution in [0, 0.1) is 0 Å². The molecule has 0 radical (unpaired) electrons. The zero-order valence-electron chi connectivity index (χ0n) is 15.4. The quantitative estimate of drug-likeness (QED) is 0.537. The van der Waals surface area contributed by atoms with Gasteiger partial charge in [0.15, 0.2) is 0 Å². The summed E-state index contributed by atoms with van der Waals surface area (Å²) < 4.78 is 7.64. The molecule has 1 amide bonds. The summed E-state index contributed by atoms with van der Waals surface area (Å²) >= 11 is 0. The van der Waals surface area contributed by atoms with Gasteiger partial charge in [-0.15, -0.1) is 0 Å². The maximum Gasteiger partial charge on any atom is 0.223 e. The molecule has 0 spiro atoms. The molecule has 4 heterocycles. The molecule has 1 aliphatic heterocycles. The Morgan fingerprint density at radius 2 is 2.00 bits per heavy atom. The number of para-hydroxylation sites is 2. The summed E-state index contributed by atoms with van der Waals surface area (Å²) in [6.45, 7) is 1.84. The Bertz CT molecular complexity index is 1100. The van der Waals surface area contributed by atoms with Crippen LogP contribution in [0.1, 0.15) is 29.5 Å². The van der Waals surface area contributed by atoms with Gasteiger partial charge in [-0.2, -0.15) is 0 Å². The SMILES string of the molecule is O=C1C[C@@H](c2nc3ccccc3n2Cc2cccnc2)CN1Cc1ccco1. The number of carbonyl (C=O) groups is 1. The second-order valence-corrected chi connectivity index (χ2v) is 7.16. The maximum absolute atomic E-state index is 12.6. The van der Waals surface area contributed by atoms with Gasteiger partial charge in [-0.05, 0) is 35.9 Å². The van der Waals surface area contributed by atoms with Crippen molar-refractivity contribution in [3.63, 3.8) is 0 Å². The second-order valence-electron chi connectivity index (χ2n) is 7.16. The number of aromatic nitrogens is 3. The van der Waals surface area contributed by atoms with Gasteiger partial charge in [0, 0.05) is 31.3 Å². The molecule has 4 aromatic rings. The molecule has 3 aromatic heterocycles. The minimum atomic E-state index is 0.0616. The van der Waals surface area contributed by atoms with E-state index >= 15 is 0 Å². The third-order valence-corrected chi connectivity index (χ3v) is 5.25. The van der Waals surface area contributed by atoms with Gasteiger partial charge in [-0.1, -0.05) is 18.2 Å². The number of hydrogen-bond acceptors (Lipinski definition) is 4. The number of rotatable bonds is 5. The van der Waals surface area contributed by atoms with Crippen LogP contribution in [0.3, 0.4) is 0 Å². The molecule has 1 aromatic carbocycles. The van der Waals surface area contributed by atoms with Crippen molar-refractivity contribution < 1.29 is 9.21 Å². The van der Waals surface area contributed by atoms with E-state index in [2.05, 4.69) is 21.7 Å². The van der Waals surface area contributed by atoms with Crippen molar-refractivity contribution >= 4 is 16.9 Å². The highest BCUT2D eigenvalue weighted by molar-refractivity contribution is 5.81. The van der Waals surface area contributed by atoms with Crippen LogP contribution >= 0.6 is 0 Å². The van der Waals surface area contributed by atoms with Crippen LogP contribution in [0.25, 0.3) is 11.0 Å². The van der Waals surface area contributed by atoms with Gasteiger partial charge in [0.1, 0.15) is 11.6 Å². The van der Waals surface area contributed by atoms with E-state index in [0.717, 1.165) is 28.2 Å². The summed E-state index contributed by atoms with van der Waals surface area (Å²) in [6, 6.07) is 15.9. The molecule has 1 aliphatic rings. The Kier molecular flexibility index (Phi) is 4.16. The van der Waals surface area contributed by atoms with Gasteiger partial charge < -0.3 is 13.9 Å². The van der Waals surface area contributed by atoms with Crippen molar-refractivity contribution in [3.05, 3.63) is 84.3 Å². The van der Waals surface area contributed by atoms with Crippen LogP contribution in [0.4, 0.5) is 0 Å². The monoisotopic (exact) mass is 372 g/mol. The number of benzene rings is 1. The smallest absolute Gasteiger partial charge is 0.223 e. The molecule has 0 saturated carbocycles. The zero-order valence-corrected chi connectivity index (χ0v) is 15.4. The van der Waals surface area contributed by atoms with Crippen molar-refractivity contribution in [1.29, 1.82) is 0 Å². The molecule has 0 N–H and O–H groups in total. The van der Waals surface area contributed by atoms with Crippen LogP contribution < -0.4 is 0 Å². The number of imidazole rings is 1. The van der Waals surface area contributed by atoms with Crippen molar-refractivity contribution in [2.45, 2.75) is 25.4 Å². The summed E-state index contributed by atoms with van der Waals surface area (Å²) in [7, 11) is 0. The van der Waals surface area contributed by atoms with E-state index in [9.17, 15) is 4.79 Å². The van der Waals surface area contributed by atoms with E-state index in [1.54, 1.807) is 12.5 Å². The molecule has 0 bridgehead atoms. The fourth-order valence-corrected chi connectivity index (χ4v) is 3.93. The first kappa shape index (κ1) is 16.7. The van der Waals surface area contributed by atoms with E-state index in [1.807, 2.05) is 47.5 Å². The molecule has 5 rings (SSSR count). The third kappa shape index (κ3) is 3.07. The molecule has 1 atom stereocenters. The van der Waals surface area contributed by atoms with Gasteiger partial charge >= 0.3 is 0 Å². The Morgan fingerprint density at radius 3 is 2.82 bits per heavy atom. The zero-order chi connectivity index (χ0) is 18.9. The molecule has 1 fully saturated rings. The summed E-state index contributed by atoms with van der Waals surface area (Å²) in [5, 5.41) is 0. The van der Waals surface area contributed by atoms with E-state index in [-0.39, 0.29) is 11.8 Å². The largest absolute Gasteiger partial charge is 0.467 e. The normalized spacial score (nSPS) is 16.9. The van der Waals surface area contributed by atoms with Crippen LogP contribution in [-0.4, -0.2) is 31.9 Å². The van der Waals surface area contributed by atoms with E-state index in [1.165, 1.54) is 0 Å². The Hall–Kier alpha value is -3.41. The summed E-state index contributed by atoms with van der Waals surface area (Å²) in [5.74, 6) is 1.96. The molecule has 6 heteroatoms. The van der Waals surface area contributed by atoms with Crippen molar-refractivity contribution in [2.24, 2.45) is 0 Å². The molecule has 0 unspecified atom stereocenters. The van der Waals surface area contributed by atoms with Gasteiger partial charge in [0.05, 0.1) is 30.4 Å². The van der Waals surface area contributed by atoms with Crippen LogP contribution in [0.15, 0.2) is 71.6 Å². The fourth-order valence-electron chi connectivity index (χ4n) is 3.93. The second kappa shape index (κ2) is 6.96. The number of carbonyl (C=O) groups excluding carboxylic acids is 1. The van der Waals surface area contributed by atoms with Gasteiger partial charge in [-0.25, -0.2) is 4.98 Å². The lowest BCUT2D eigenvalue weighted by molar-refractivity contribution is -0.128. The average Bonchev–Trinajstić information content (AvgIpc) is 3.44. The lowest BCUT2D eigenvalue weighted by atomic mass is 10.1. The summed E-state index contributed by atoms with van der Waals surface area (Å²) in [5.41, 5.74) is 3.15. The molecular formula is C22H20N4O2. The standard InChI is InChI=1S/C22H20N4O2/c27-21-11-17(14-25(21)15-18-6-4-10-28-18)22-24-19-7-1-2-8-20(19)26(22)13-16-5-3-9-23-12-16/h1-10,12,17H,11,13-15H2/t17-/m1/s1. The van der Waals surface area contributed by atoms with Gasteiger partial charge in [-0.3, -0.25) is 9.78 Å². The molecule has 140 valence electrons. The van der Waals surface area contributed by atoms with Crippen LogP contribution in [0.5, 0.6) is 0 Å². The maximum atomic E-state index is 12.6. The Morgan fingerprint density at radius 1 is 1.07 bits per heavy atom. The highest BCUT2D eigenvalue weighted by atomic mass is 16.3. The number of likely N-dealkylation sites (tertiary alicyclic amines) is 1. The molecule has 1 saturated heterocycles. The van der Waals surface area contributed by atoms with E-state index in [0.29, 0.717) is 26.1 Å². The van der Waals surface area contributed by atoms with E-state index in [4.69, 9.17) is 9.40 Å². The molecular weight excluding hydrogens is 352 g/mol. The van der Waals surface area contributed by atoms with Crippen molar-refractivity contribution in [1.82, 2.24) is 19.4 Å². The fraction of sp³-hybridized carbons (Fsp3) is 0.227. The molecule has 6 nitrogen and oxygen atoms in total. The number of amides is 1. The predicted molar refractivity (Wildman–Crippen MR) is 105 cm³/mol. The number of furan rings is 1. The highest BCUT2D eigenvalue weighted by Crippen LogP contribution is 2.31. The number of hydrogen-bond donors (Lipinski definition) is 0. The van der Waals surface area contributed by atoms with E-state index < -0.39 is 0 Å². The summed E-state index contributed by atoms with van der Waals surface area (Å²) in [4.78, 5) is 23.6. The molecule has 0 aliphatic carbocycles. The Balaban J connectivity index is 1.48. The minimum Gasteiger partial charge on any atom is -0.467 e. The van der Waals surface area contributed by atoms with Crippen LogP contribution in [-0.2, 0) is 17.9 Å². The first-order chi connectivity index (χ1) is 13.8. The van der Waals surface area contributed by atoms with Gasteiger partial charge in [0.2, 0.25) is 5.91 Å². The Labute approximate surface area is 162 Å². The predicted octanol–water partition coefficient (Wildman–Crippen LogP) is 3.59. The van der Waals surface area contributed by atoms with Crippen LogP contribution in [0.2, 0.25) is 0 Å². The lowest BCUT2D eigenvalue weighted by Crippen LogP contribution is -2.24. The van der Waals surface area contributed by atoms with Crippen molar-refractivity contribution in [3.8, 4) is 0 Å². The lowest BCUT2D eigenvalue weighted by Gasteiger charge is -2.16. The third-order valence-electron chi connectivity index (χ3n) is 5.25. The minimum absolute atomic E-state index is 0.0616. The number of fused-ring (bicyclic) bond motifs is 1. The first-order valence-corrected chi connectivity index (χ1v) is 9.42. The molecule has 28 heavy (non-hydrogen) atoms.